The first-order valence-corrected chi connectivity index (χ1v) is 7.63. The smallest absolute Gasteiger partial charge is 0.450 e. The lowest BCUT2D eigenvalue weighted by atomic mass is 10.3. The lowest BCUT2D eigenvalue weighted by molar-refractivity contribution is 0.122. The first kappa shape index (κ1) is 16.4. The Balaban J connectivity index is 3.65. The van der Waals surface area contributed by atoms with Gasteiger partial charge in [-0.25, -0.2) is 4.79 Å². The normalized spacial score (nSPS) is 11.3. The maximum Gasteiger partial charge on any atom is 0.500 e. The second-order valence-electron chi connectivity index (χ2n) is 3.40. The second kappa shape index (κ2) is 9.40. The zero-order chi connectivity index (χ0) is 13.1. The van der Waals surface area contributed by atoms with Crippen LogP contribution in [0.4, 0.5) is 4.79 Å². The predicted octanol–water partition coefficient (Wildman–Crippen LogP) is 1.39. The minimum Gasteiger partial charge on any atom is -0.450 e. The van der Waals surface area contributed by atoms with Gasteiger partial charge in [-0.1, -0.05) is 0 Å². The maximum absolute atomic E-state index is 11.0. The summed E-state index contributed by atoms with van der Waals surface area (Å²) in [4.78, 5) is 11.0. The van der Waals surface area contributed by atoms with Gasteiger partial charge >= 0.3 is 14.9 Å². The molecule has 0 aromatic carbocycles. The Bertz CT molecular complexity index is 203. The highest BCUT2D eigenvalue weighted by Gasteiger charge is 2.36. The van der Waals surface area contributed by atoms with E-state index >= 15 is 0 Å². The molecule has 0 aromatic rings. The third-order valence-electron chi connectivity index (χ3n) is 2.39. The molecule has 0 atom stereocenters. The summed E-state index contributed by atoms with van der Waals surface area (Å²) in [5.41, 5.74) is 0. The summed E-state index contributed by atoms with van der Waals surface area (Å²) >= 11 is 0. The molecule has 102 valence electrons. The number of rotatable bonds is 9. The molecule has 0 bridgehead atoms. The van der Waals surface area contributed by atoms with Gasteiger partial charge < -0.3 is 23.3 Å². The highest BCUT2D eigenvalue weighted by atomic mass is 28.4. The molecule has 0 aliphatic heterocycles. The molecular weight excluding hydrogens is 242 g/mol. The molecule has 6 nitrogen and oxygen atoms in total. The number of amides is 1. The van der Waals surface area contributed by atoms with Crippen molar-refractivity contribution in [2.45, 2.75) is 25.8 Å². The van der Waals surface area contributed by atoms with E-state index in [1.165, 1.54) is 0 Å². The van der Waals surface area contributed by atoms with Gasteiger partial charge in [0.05, 0.1) is 6.61 Å². The number of carbonyl (C=O) groups excluding carboxylic acids is 1. The van der Waals surface area contributed by atoms with E-state index in [1.807, 2.05) is 0 Å². The van der Waals surface area contributed by atoms with Crippen LogP contribution in [-0.2, 0) is 18.0 Å². The summed E-state index contributed by atoms with van der Waals surface area (Å²) in [5, 5.41) is 2.66. The Morgan fingerprint density at radius 3 is 2.18 bits per heavy atom. The zero-order valence-corrected chi connectivity index (χ0v) is 12.1. The molecule has 0 unspecified atom stereocenters. The van der Waals surface area contributed by atoms with E-state index in [-0.39, 0.29) is 6.09 Å². The third-order valence-corrected chi connectivity index (χ3v) is 5.22. The van der Waals surface area contributed by atoms with E-state index in [2.05, 4.69) is 5.32 Å². The minimum atomic E-state index is -2.45. The Hall–Kier alpha value is -0.633. The van der Waals surface area contributed by atoms with Crippen molar-refractivity contribution in [2.75, 3.05) is 34.5 Å². The quantitative estimate of drug-likeness (QED) is 0.504. The first-order valence-electron chi connectivity index (χ1n) is 5.70. The summed E-state index contributed by atoms with van der Waals surface area (Å²) in [6, 6.07) is 0.737. The van der Waals surface area contributed by atoms with Crippen LogP contribution in [0.25, 0.3) is 0 Å². The van der Waals surface area contributed by atoms with Crippen LogP contribution in [-0.4, -0.2) is 49.4 Å². The average molecular weight is 265 g/mol. The molecule has 0 radical (unpaired) electrons. The van der Waals surface area contributed by atoms with E-state index < -0.39 is 8.80 Å². The molecule has 7 heteroatoms. The van der Waals surface area contributed by atoms with Crippen LogP contribution in [0, 0.1) is 0 Å². The summed E-state index contributed by atoms with van der Waals surface area (Å²) in [6.07, 6.45) is 1.33. The van der Waals surface area contributed by atoms with Crippen LogP contribution in [0.3, 0.4) is 0 Å². The maximum atomic E-state index is 11.0. The van der Waals surface area contributed by atoms with Crippen LogP contribution in [0.5, 0.6) is 0 Å². The van der Waals surface area contributed by atoms with E-state index in [0.29, 0.717) is 13.2 Å². The van der Waals surface area contributed by atoms with Gasteiger partial charge in [0.25, 0.3) is 0 Å². The van der Waals surface area contributed by atoms with Crippen molar-refractivity contribution in [3.05, 3.63) is 0 Å². The molecule has 0 rings (SSSR count). The van der Waals surface area contributed by atoms with Crippen LogP contribution in [0.2, 0.25) is 6.04 Å². The highest BCUT2D eigenvalue weighted by molar-refractivity contribution is 6.60. The summed E-state index contributed by atoms with van der Waals surface area (Å²) in [7, 11) is 2.33. The Morgan fingerprint density at radius 2 is 1.71 bits per heavy atom. The predicted molar refractivity (Wildman–Crippen MR) is 65.8 cm³/mol. The molecule has 1 amide bonds. The molecule has 1 N–H and O–H groups in total. The largest absolute Gasteiger partial charge is 0.500 e. The van der Waals surface area contributed by atoms with Crippen molar-refractivity contribution in [3.8, 4) is 0 Å². The van der Waals surface area contributed by atoms with Crippen molar-refractivity contribution >= 4 is 14.9 Å². The van der Waals surface area contributed by atoms with Gasteiger partial charge in [0.15, 0.2) is 0 Å². The minimum absolute atomic E-state index is 0.374. The fourth-order valence-corrected chi connectivity index (χ4v) is 3.19. The average Bonchev–Trinajstić information content (AvgIpc) is 2.35. The fourth-order valence-electron chi connectivity index (χ4n) is 1.40. The lowest BCUT2D eigenvalue weighted by Crippen LogP contribution is -2.42. The third kappa shape index (κ3) is 6.62. The lowest BCUT2D eigenvalue weighted by Gasteiger charge is -2.24. The second-order valence-corrected chi connectivity index (χ2v) is 6.49. The zero-order valence-electron chi connectivity index (χ0n) is 11.1. The highest BCUT2D eigenvalue weighted by Crippen LogP contribution is 2.15. The first-order chi connectivity index (χ1) is 8.14. The summed E-state index contributed by atoms with van der Waals surface area (Å²) < 4.78 is 20.6. The van der Waals surface area contributed by atoms with Gasteiger partial charge in [-0.2, -0.15) is 0 Å². The SMILES string of the molecule is CCOC(=O)NCCCC[Si](OC)(OC)OC. The van der Waals surface area contributed by atoms with E-state index in [4.69, 9.17) is 18.0 Å². The molecule has 0 heterocycles. The fraction of sp³-hybridized carbons (Fsp3) is 0.900. The molecule has 0 spiro atoms. The van der Waals surface area contributed by atoms with E-state index in [0.717, 1.165) is 18.9 Å². The van der Waals surface area contributed by atoms with E-state index in [9.17, 15) is 4.79 Å². The topological polar surface area (TPSA) is 66.0 Å². The van der Waals surface area contributed by atoms with Crippen LogP contribution in [0.1, 0.15) is 19.8 Å². The van der Waals surface area contributed by atoms with Gasteiger partial charge in [0.1, 0.15) is 0 Å². The molecule has 0 aromatic heterocycles. The van der Waals surface area contributed by atoms with Crippen molar-refractivity contribution in [2.24, 2.45) is 0 Å². The Labute approximate surface area is 104 Å². The van der Waals surface area contributed by atoms with Crippen LogP contribution in [0.15, 0.2) is 0 Å². The number of unbranched alkanes of at least 4 members (excludes halogenated alkanes) is 1. The Kier molecular flexibility index (Phi) is 9.05. The summed E-state index contributed by atoms with van der Waals surface area (Å²) in [6.45, 7) is 2.74. The monoisotopic (exact) mass is 265 g/mol. The van der Waals surface area contributed by atoms with Gasteiger partial charge in [0.2, 0.25) is 0 Å². The van der Waals surface area contributed by atoms with Crippen LogP contribution >= 0.6 is 0 Å². The van der Waals surface area contributed by atoms with Crippen molar-refractivity contribution in [3.63, 3.8) is 0 Å². The molecule has 0 saturated heterocycles. The molecule has 0 aliphatic carbocycles. The number of hydrogen-bond acceptors (Lipinski definition) is 5. The molecule has 0 fully saturated rings. The summed E-state index contributed by atoms with van der Waals surface area (Å²) in [5.74, 6) is 0. The van der Waals surface area contributed by atoms with Crippen molar-refractivity contribution in [1.82, 2.24) is 5.32 Å². The van der Waals surface area contributed by atoms with Crippen molar-refractivity contribution in [1.29, 1.82) is 0 Å². The Morgan fingerprint density at radius 1 is 1.12 bits per heavy atom. The molecule has 17 heavy (non-hydrogen) atoms. The standard InChI is InChI=1S/C10H23NO5Si/c1-5-16-10(12)11-8-6-7-9-17(13-2,14-3)15-4/h5-9H2,1-4H3,(H,11,12). The van der Waals surface area contributed by atoms with Gasteiger partial charge in [-0.3, -0.25) is 0 Å². The van der Waals surface area contributed by atoms with Crippen LogP contribution < -0.4 is 5.32 Å². The van der Waals surface area contributed by atoms with E-state index in [1.54, 1.807) is 28.3 Å². The number of alkyl carbamates (subject to hydrolysis) is 1. The van der Waals surface area contributed by atoms with Crippen molar-refractivity contribution < 1.29 is 22.8 Å². The number of hydrogen-bond donors (Lipinski definition) is 1. The number of ether oxygens (including phenoxy) is 1. The number of carbonyl (C=O) groups is 1. The molecule has 0 aliphatic rings. The number of nitrogens with one attached hydrogen (secondary N) is 1. The van der Waals surface area contributed by atoms with Gasteiger partial charge in [-0.15, -0.1) is 0 Å². The van der Waals surface area contributed by atoms with Gasteiger partial charge in [-0.05, 0) is 19.8 Å². The molecule has 0 saturated carbocycles. The molecular formula is C10H23NO5Si. The van der Waals surface area contributed by atoms with Gasteiger partial charge in [0, 0.05) is 33.9 Å².